The van der Waals surface area contributed by atoms with Crippen molar-refractivity contribution in [3.05, 3.63) is 64.7 Å². The first kappa shape index (κ1) is 20.3. The summed E-state index contributed by atoms with van der Waals surface area (Å²) in [6.07, 6.45) is 1.74. The van der Waals surface area contributed by atoms with Gasteiger partial charge in [0, 0.05) is 11.6 Å². The number of halogens is 1. The highest BCUT2D eigenvalue weighted by molar-refractivity contribution is 7.92. The van der Waals surface area contributed by atoms with E-state index in [9.17, 15) is 13.2 Å². The Labute approximate surface area is 160 Å². The number of nitrogens with one attached hydrogen (secondary N) is 1. The van der Waals surface area contributed by atoms with Gasteiger partial charge in [-0.2, -0.15) is 0 Å². The Balaban J connectivity index is 2.05. The topological polar surface area (TPSA) is 66.5 Å². The molecule has 0 heterocycles. The zero-order chi connectivity index (χ0) is 19.3. The number of sulfonamides is 1. The summed E-state index contributed by atoms with van der Waals surface area (Å²) in [4.78, 5) is 12.5. The molecule has 0 aromatic heterocycles. The van der Waals surface area contributed by atoms with Crippen molar-refractivity contribution in [2.45, 2.75) is 26.3 Å². The minimum atomic E-state index is -3.60. The van der Waals surface area contributed by atoms with Gasteiger partial charge in [-0.25, -0.2) is 8.42 Å². The van der Waals surface area contributed by atoms with Crippen LogP contribution in [0, 0.1) is 6.92 Å². The fourth-order valence-electron chi connectivity index (χ4n) is 2.63. The van der Waals surface area contributed by atoms with Gasteiger partial charge in [0.2, 0.25) is 15.9 Å². The molecule has 0 spiro atoms. The number of aryl methyl sites for hydroxylation is 1. The molecular weight excluding hydrogens is 372 g/mol. The summed E-state index contributed by atoms with van der Waals surface area (Å²) in [7, 11) is -3.60. The first-order chi connectivity index (χ1) is 12.2. The van der Waals surface area contributed by atoms with E-state index < -0.39 is 16.1 Å². The van der Waals surface area contributed by atoms with Crippen LogP contribution < -0.4 is 9.62 Å². The maximum atomic E-state index is 12.5. The van der Waals surface area contributed by atoms with Crippen LogP contribution in [0.2, 0.25) is 5.02 Å². The quantitative estimate of drug-likeness (QED) is 0.784. The molecule has 0 saturated carbocycles. The van der Waals surface area contributed by atoms with E-state index in [1.54, 1.807) is 31.2 Å². The van der Waals surface area contributed by atoms with Gasteiger partial charge in [-0.05, 0) is 50.1 Å². The number of carbonyl (C=O) groups is 1. The Kier molecular flexibility index (Phi) is 6.67. The number of anilines is 1. The molecule has 2 aromatic carbocycles. The van der Waals surface area contributed by atoms with Gasteiger partial charge in [-0.1, -0.05) is 41.4 Å². The number of benzene rings is 2. The van der Waals surface area contributed by atoms with Crippen LogP contribution in [-0.4, -0.2) is 33.2 Å². The molecule has 1 unspecified atom stereocenters. The van der Waals surface area contributed by atoms with Crippen molar-refractivity contribution < 1.29 is 13.2 Å². The zero-order valence-electron chi connectivity index (χ0n) is 15.1. The van der Waals surface area contributed by atoms with Gasteiger partial charge in [-0.3, -0.25) is 9.10 Å². The molecule has 7 heteroatoms. The molecule has 0 aliphatic heterocycles. The van der Waals surface area contributed by atoms with Crippen LogP contribution in [0.25, 0.3) is 0 Å². The molecule has 0 bridgehead atoms. The lowest BCUT2D eigenvalue weighted by Crippen LogP contribution is -2.48. The molecule has 5 nitrogen and oxygen atoms in total. The number of rotatable bonds is 7. The summed E-state index contributed by atoms with van der Waals surface area (Å²) in [5.41, 5.74) is 2.53. The Morgan fingerprint density at radius 3 is 2.23 bits per heavy atom. The molecule has 26 heavy (non-hydrogen) atoms. The van der Waals surface area contributed by atoms with Crippen LogP contribution >= 0.6 is 11.6 Å². The Bertz CT molecular complexity index is 849. The van der Waals surface area contributed by atoms with E-state index in [1.165, 1.54) is 0 Å². The largest absolute Gasteiger partial charge is 0.354 e. The third kappa shape index (κ3) is 5.47. The first-order valence-corrected chi connectivity index (χ1v) is 10.5. The van der Waals surface area contributed by atoms with E-state index in [2.05, 4.69) is 5.32 Å². The predicted octanol–water partition coefficient (Wildman–Crippen LogP) is 3.16. The number of hydrogen-bond donors (Lipinski definition) is 1. The summed E-state index contributed by atoms with van der Waals surface area (Å²) in [5.74, 6) is -0.343. The van der Waals surface area contributed by atoms with Crippen molar-refractivity contribution in [1.82, 2.24) is 5.32 Å². The summed E-state index contributed by atoms with van der Waals surface area (Å²) >= 11 is 5.85. The maximum absolute atomic E-state index is 12.5. The van der Waals surface area contributed by atoms with Crippen LogP contribution in [0.3, 0.4) is 0 Å². The van der Waals surface area contributed by atoms with Gasteiger partial charge >= 0.3 is 0 Å². The van der Waals surface area contributed by atoms with Crippen LogP contribution in [0.15, 0.2) is 48.5 Å². The Morgan fingerprint density at radius 1 is 1.12 bits per heavy atom. The number of amides is 1. The van der Waals surface area contributed by atoms with Crippen molar-refractivity contribution in [3.8, 4) is 0 Å². The first-order valence-electron chi connectivity index (χ1n) is 8.26. The van der Waals surface area contributed by atoms with E-state index in [4.69, 9.17) is 11.6 Å². The second kappa shape index (κ2) is 8.56. The van der Waals surface area contributed by atoms with Gasteiger partial charge in [0.1, 0.15) is 6.04 Å². The smallest absolute Gasteiger partial charge is 0.243 e. The lowest BCUT2D eigenvalue weighted by atomic mass is 10.1. The van der Waals surface area contributed by atoms with E-state index >= 15 is 0 Å². The lowest BCUT2D eigenvalue weighted by molar-refractivity contribution is -0.121. The summed E-state index contributed by atoms with van der Waals surface area (Å²) < 4.78 is 25.6. The summed E-state index contributed by atoms with van der Waals surface area (Å²) in [6.45, 7) is 3.91. The van der Waals surface area contributed by atoms with Gasteiger partial charge < -0.3 is 5.32 Å². The highest BCUT2D eigenvalue weighted by Gasteiger charge is 2.28. The summed E-state index contributed by atoms with van der Waals surface area (Å²) in [5, 5.41) is 3.46. The standard InChI is InChI=1S/C19H23ClN2O3S/c1-14-4-10-18(11-5-14)22(26(3,24)25)15(2)19(23)21-13-12-16-6-8-17(20)9-7-16/h4-11,15H,12-13H2,1-3H3,(H,21,23). The Hall–Kier alpha value is -2.05. The zero-order valence-corrected chi connectivity index (χ0v) is 16.6. The molecule has 2 rings (SSSR count). The van der Waals surface area contributed by atoms with Crippen LogP contribution in [0.5, 0.6) is 0 Å². The van der Waals surface area contributed by atoms with Gasteiger partial charge in [0.15, 0.2) is 0 Å². The second-order valence-electron chi connectivity index (χ2n) is 6.24. The van der Waals surface area contributed by atoms with Crippen molar-refractivity contribution >= 4 is 33.2 Å². The van der Waals surface area contributed by atoms with Crippen molar-refractivity contribution in [3.63, 3.8) is 0 Å². The monoisotopic (exact) mass is 394 g/mol. The molecule has 0 aliphatic carbocycles. The number of carbonyl (C=O) groups excluding carboxylic acids is 1. The lowest BCUT2D eigenvalue weighted by Gasteiger charge is -2.28. The molecule has 140 valence electrons. The van der Waals surface area contributed by atoms with Crippen LogP contribution in [-0.2, 0) is 21.2 Å². The van der Waals surface area contributed by atoms with Crippen molar-refractivity contribution in [2.75, 3.05) is 17.1 Å². The minimum Gasteiger partial charge on any atom is -0.354 e. The maximum Gasteiger partial charge on any atom is 0.243 e. The van der Waals surface area contributed by atoms with Gasteiger partial charge in [0.05, 0.1) is 11.9 Å². The van der Waals surface area contributed by atoms with Crippen LogP contribution in [0.4, 0.5) is 5.69 Å². The van der Waals surface area contributed by atoms with Gasteiger partial charge in [-0.15, -0.1) is 0 Å². The second-order valence-corrected chi connectivity index (χ2v) is 8.53. The Morgan fingerprint density at radius 2 is 1.69 bits per heavy atom. The van der Waals surface area contributed by atoms with E-state index in [0.717, 1.165) is 21.7 Å². The molecule has 1 amide bonds. The molecule has 0 saturated heterocycles. The molecule has 1 atom stereocenters. The third-order valence-electron chi connectivity index (χ3n) is 4.00. The third-order valence-corrected chi connectivity index (χ3v) is 5.50. The van der Waals surface area contributed by atoms with Gasteiger partial charge in [0.25, 0.3) is 0 Å². The molecule has 0 aliphatic rings. The SMILES string of the molecule is Cc1ccc(N(C(C)C(=O)NCCc2ccc(Cl)cc2)S(C)(=O)=O)cc1. The fraction of sp³-hybridized carbons (Fsp3) is 0.316. The highest BCUT2D eigenvalue weighted by atomic mass is 35.5. The molecular formula is C19H23ClN2O3S. The van der Waals surface area contributed by atoms with Crippen molar-refractivity contribution in [2.24, 2.45) is 0 Å². The molecule has 0 radical (unpaired) electrons. The van der Waals surface area contributed by atoms with E-state index in [0.29, 0.717) is 23.7 Å². The number of hydrogen-bond acceptors (Lipinski definition) is 3. The minimum absolute atomic E-state index is 0.343. The number of nitrogens with zero attached hydrogens (tertiary/aromatic N) is 1. The predicted molar refractivity (Wildman–Crippen MR) is 106 cm³/mol. The van der Waals surface area contributed by atoms with Crippen molar-refractivity contribution in [1.29, 1.82) is 0 Å². The van der Waals surface area contributed by atoms with E-state index in [1.807, 2.05) is 31.2 Å². The normalized spacial score (nSPS) is 12.5. The average Bonchev–Trinajstić information content (AvgIpc) is 2.57. The highest BCUT2D eigenvalue weighted by Crippen LogP contribution is 2.21. The van der Waals surface area contributed by atoms with Crippen LogP contribution in [0.1, 0.15) is 18.1 Å². The molecule has 1 N–H and O–H groups in total. The summed E-state index contributed by atoms with van der Waals surface area (Å²) in [6, 6.07) is 13.6. The molecule has 2 aromatic rings. The molecule has 0 fully saturated rings. The fourth-order valence-corrected chi connectivity index (χ4v) is 3.93. The average molecular weight is 395 g/mol. The van der Waals surface area contributed by atoms with E-state index in [-0.39, 0.29) is 5.91 Å².